The molecular weight excluding hydrogens is 322 g/mol. The number of amides is 1. The SMILES string of the molecule is C=C(C)C(F)(F)CCOc1ccc(C)cc1NC(=O)CSC#N. The minimum Gasteiger partial charge on any atom is -0.491 e. The molecule has 0 spiro atoms. The van der Waals surface area contributed by atoms with Gasteiger partial charge in [0, 0.05) is 6.42 Å². The van der Waals surface area contributed by atoms with Gasteiger partial charge in [-0.25, -0.2) is 8.78 Å². The van der Waals surface area contributed by atoms with E-state index in [2.05, 4.69) is 11.9 Å². The fourth-order valence-electron chi connectivity index (χ4n) is 1.65. The number of hydrogen-bond acceptors (Lipinski definition) is 4. The van der Waals surface area contributed by atoms with Crippen LogP contribution in [0.5, 0.6) is 5.75 Å². The first-order valence-corrected chi connectivity index (χ1v) is 7.83. The molecule has 4 nitrogen and oxygen atoms in total. The van der Waals surface area contributed by atoms with Crippen molar-refractivity contribution >= 4 is 23.4 Å². The highest BCUT2D eigenvalue weighted by Gasteiger charge is 2.29. The van der Waals surface area contributed by atoms with E-state index in [-0.39, 0.29) is 23.8 Å². The minimum absolute atomic E-state index is 0.0163. The van der Waals surface area contributed by atoms with Crippen LogP contribution in [0, 0.1) is 17.6 Å². The second-order valence-corrected chi connectivity index (χ2v) is 5.77. The maximum Gasteiger partial charge on any atom is 0.272 e. The van der Waals surface area contributed by atoms with E-state index in [0.29, 0.717) is 11.4 Å². The van der Waals surface area contributed by atoms with Gasteiger partial charge in [-0.2, -0.15) is 5.26 Å². The summed E-state index contributed by atoms with van der Waals surface area (Å²) in [5, 5.41) is 12.9. The standard InChI is InChI=1S/C16H18F2N2O2S/c1-11(2)16(17,18)6-7-22-14-5-4-12(3)8-13(14)20-15(21)9-23-10-19/h4-5,8H,1,6-7,9H2,2-3H3,(H,20,21). The number of thioether (sulfide) groups is 1. The highest BCUT2D eigenvalue weighted by Crippen LogP contribution is 2.29. The number of hydrogen-bond donors (Lipinski definition) is 1. The first-order chi connectivity index (χ1) is 10.8. The average Bonchev–Trinajstić information content (AvgIpc) is 2.47. The van der Waals surface area contributed by atoms with Crippen LogP contribution in [0.2, 0.25) is 0 Å². The maximum absolute atomic E-state index is 13.5. The molecule has 0 saturated heterocycles. The summed E-state index contributed by atoms with van der Waals surface area (Å²) >= 11 is 0.814. The summed E-state index contributed by atoms with van der Waals surface area (Å²) in [6, 6.07) is 5.05. The van der Waals surface area contributed by atoms with Gasteiger partial charge in [0.05, 0.1) is 18.0 Å². The van der Waals surface area contributed by atoms with Crippen LogP contribution in [0.3, 0.4) is 0 Å². The van der Waals surface area contributed by atoms with Crippen LogP contribution in [0.25, 0.3) is 0 Å². The van der Waals surface area contributed by atoms with Crippen molar-refractivity contribution in [3.8, 4) is 11.2 Å². The Morgan fingerprint density at radius 1 is 1.52 bits per heavy atom. The van der Waals surface area contributed by atoms with Gasteiger partial charge in [-0.05, 0) is 48.9 Å². The second-order valence-electron chi connectivity index (χ2n) is 5.01. The average molecular weight is 340 g/mol. The molecule has 0 bridgehead atoms. The number of halogens is 2. The molecule has 0 unspecified atom stereocenters. The van der Waals surface area contributed by atoms with Crippen molar-refractivity contribution < 1.29 is 18.3 Å². The van der Waals surface area contributed by atoms with Crippen LogP contribution in [0.15, 0.2) is 30.4 Å². The molecule has 1 rings (SSSR count). The van der Waals surface area contributed by atoms with Gasteiger partial charge in [-0.15, -0.1) is 0 Å². The Hall–Kier alpha value is -2.07. The molecule has 1 amide bonds. The Morgan fingerprint density at radius 2 is 2.22 bits per heavy atom. The number of ether oxygens (including phenoxy) is 1. The monoisotopic (exact) mass is 340 g/mol. The van der Waals surface area contributed by atoms with Gasteiger partial charge in [0.25, 0.3) is 5.92 Å². The number of alkyl halides is 2. The van der Waals surface area contributed by atoms with Gasteiger partial charge in [0.15, 0.2) is 0 Å². The zero-order chi connectivity index (χ0) is 17.5. The molecule has 0 aliphatic rings. The smallest absolute Gasteiger partial charge is 0.272 e. The van der Waals surface area contributed by atoms with E-state index >= 15 is 0 Å². The molecule has 1 N–H and O–H groups in total. The third kappa shape index (κ3) is 6.28. The number of nitriles is 1. The van der Waals surface area contributed by atoms with Crippen LogP contribution in [0.1, 0.15) is 18.9 Å². The molecule has 0 atom stereocenters. The van der Waals surface area contributed by atoms with E-state index in [1.807, 2.05) is 6.92 Å². The Kier molecular flexibility index (Phi) is 7.04. The molecule has 0 saturated carbocycles. The number of rotatable bonds is 8. The van der Waals surface area contributed by atoms with E-state index in [1.54, 1.807) is 23.6 Å². The number of thiocyanates is 1. The van der Waals surface area contributed by atoms with Crippen molar-refractivity contribution in [1.29, 1.82) is 5.26 Å². The van der Waals surface area contributed by atoms with Crippen molar-refractivity contribution in [3.63, 3.8) is 0 Å². The summed E-state index contributed by atoms with van der Waals surface area (Å²) in [6.07, 6.45) is -0.492. The van der Waals surface area contributed by atoms with Crippen molar-refractivity contribution in [1.82, 2.24) is 0 Å². The maximum atomic E-state index is 13.5. The zero-order valence-corrected chi connectivity index (χ0v) is 13.8. The van der Waals surface area contributed by atoms with Crippen molar-refractivity contribution in [2.24, 2.45) is 0 Å². The van der Waals surface area contributed by atoms with Gasteiger partial charge in [-0.1, -0.05) is 12.6 Å². The molecule has 1 aromatic carbocycles. The molecular formula is C16H18F2N2O2S. The first kappa shape index (κ1) is 19.0. The van der Waals surface area contributed by atoms with Crippen LogP contribution in [0.4, 0.5) is 14.5 Å². The fourth-order valence-corrected chi connectivity index (χ4v) is 1.92. The van der Waals surface area contributed by atoms with Crippen molar-refractivity contribution in [2.75, 3.05) is 17.7 Å². The zero-order valence-electron chi connectivity index (χ0n) is 13.0. The number of nitrogens with one attached hydrogen (secondary N) is 1. The second kappa shape index (κ2) is 8.53. The Balaban J connectivity index is 2.73. The number of carbonyl (C=O) groups is 1. The molecule has 124 valence electrons. The third-order valence-corrected chi connectivity index (χ3v) is 3.51. The lowest BCUT2D eigenvalue weighted by Crippen LogP contribution is -2.21. The topological polar surface area (TPSA) is 62.1 Å². The van der Waals surface area contributed by atoms with Gasteiger partial charge >= 0.3 is 0 Å². The van der Waals surface area contributed by atoms with Gasteiger partial charge in [-0.3, -0.25) is 4.79 Å². The summed E-state index contributed by atoms with van der Waals surface area (Å²) in [6.45, 7) is 6.15. The van der Waals surface area contributed by atoms with Crippen LogP contribution < -0.4 is 10.1 Å². The van der Waals surface area contributed by atoms with Crippen molar-refractivity contribution in [2.45, 2.75) is 26.2 Å². The number of carbonyl (C=O) groups excluding carboxylic acids is 1. The van der Waals surface area contributed by atoms with E-state index in [4.69, 9.17) is 10.00 Å². The molecule has 0 aliphatic carbocycles. The molecule has 0 fully saturated rings. The molecule has 0 heterocycles. The number of anilines is 1. The van der Waals surface area contributed by atoms with Crippen molar-refractivity contribution in [3.05, 3.63) is 35.9 Å². The summed E-state index contributed by atoms with van der Waals surface area (Å²) in [5.74, 6) is -3.06. The molecule has 0 radical (unpaired) electrons. The first-order valence-electron chi connectivity index (χ1n) is 6.84. The molecule has 0 aliphatic heterocycles. The lowest BCUT2D eigenvalue weighted by molar-refractivity contribution is -0.113. The van der Waals surface area contributed by atoms with E-state index in [0.717, 1.165) is 17.3 Å². The van der Waals surface area contributed by atoms with E-state index in [9.17, 15) is 13.6 Å². The predicted molar refractivity (Wildman–Crippen MR) is 87.8 cm³/mol. The summed E-state index contributed by atoms with van der Waals surface area (Å²) in [4.78, 5) is 11.7. The summed E-state index contributed by atoms with van der Waals surface area (Å²) < 4.78 is 32.3. The Morgan fingerprint density at radius 3 is 2.83 bits per heavy atom. The normalized spacial score (nSPS) is 10.7. The molecule has 0 aromatic heterocycles. The minimum atomic E-state index is -2.99. The van der Waals surface area contributed by atoms with Crippen LogP contribution in [-0.2, 0) is 4.79 Å². The number of benzene rings is 1. The highest BCUT2D eigenvalue weighted by molar-refractivity contribution is 8.04. The Labute approximate surface area is 138 Å². The number of allylic oxidation sites excluding steroid dienone is 1. The van der Waals surface area contributed by atoms with E-state index in [1.165, 1.54) is 6.92 Å². The quantitative estimate of drug-likeness (QED) is 0.571. The van der Waals surface area contributed by atoms with Crippen LogP contribution in [-0.4, -0.2) is 24.2 Å². The van der Waals surface area contributed by atoms with E-state index < -0.39 is 12.3 Å². The highest BCUT2D eigenvalue weighted by atomic mass is 32.2. The van der Waals surface area contributed by atoms with Gasteiger partial charge in [0.1, 0.15) is 11.2 Å². The lowest BCUT2D eigenvalue weighted by atomic mass is 10.1. The predicted octanol–water partition coefficient (Wildman–Crippen LogP) is 4.13. The fraction of sp³-hybridized carbons (Fsp3) is 0.375. The number of aryl methyl sites for hydroxylation is 1. The van der Waals surface area contributed by atoms with Crippen LogP contribution >= 0.6 is 11.8 Å². The summed E-state index contributed by atoms with van der Waals surface area (Å²) in [5.41, 5.74) is 1.06. The number of nitrogens with zero attached hydrogens (tertiary/aromatic N) is 1. The van der Waals surface area contributed by atoms with Gasteiger partial charge in [0.2, 0.25) is 5.91 Å². The molecule has 1 aromatic rings. The van der Waals surface area contributed by atoms with Gasteiger partial charge < -0.3 is 10.1 Å². The lowest BCUT2D eigenvalue weighted by Gasteiger charge is -2.18. The summed E-state index contributed by atoms with van der Waals surface area (Å²) in [7, 11) is 0. The Bertz CT molecular complexity index is 627. The largest absolute Gasteiger partial charge is 0.491 e. The third-order valence-electron chi connectivity index (χ3n) is 2.97. The molecule has 23 heavy (non-hydrogen) atoms. The molecule has 7 heteroatoms.